The Bertz CT molecular complexity index is 735. The van der Waals surface area contributed by atoms with Gasteiger partial charge in [0, 0.05) is 17.3 Å². The molecule has 6 heteroatoms. The monoisotopic (exact) mass is 308 g/mol. The van der Waals surface area contributed by atoms with Crippen molar-refractivity contribution in [2.24, 2.45) is 0 Å². The van der Waals surface area contributed by atoms with Crippen molar-refractivity contribution in [3.05, 3.63) is 53.0 Å². The molecule has 0 radical (unpaired) electrons. The minimum absolute atomic E-state index is 0.139. The van der Waals surface area contributed by atoms with Gasteiger partial charge in [-0.05, 0) is 38.5 Å². The van der Waals surface area contributed by atoms with Gasteiger partial charge in [0.15, 0.2) is 0 Å². The van der Waals surface area contributed by atoms with Gasteiger partial charge in [-0.15, -0.1) is 0 Å². The van der Waals surface area contributed by atoms with Crippen molar-refractivity contribution < 1.29 is 12.8 Å². The third kappa shape index (κ3) is 3.86. The van der Waals surface area contributed by atoms with E-state index in [2.05, 4.69) is 4.72 Å². The molecular weight excluding hydrogens is 288 g/mol. The summed E-state index contributed by atoms with van der Waals surface area (Å²) in [5, 5.41) is 0. The zero-order valence-electron chi connectivity index (χ0n) is 12.4. The van der Waals surface area contributed by atoms with E-state index >= 15 is 0 Å². The van der Waals surface area contributed by atoms with Crippen molar-refractivity contribution in [1.29, 1.82) is 0 Å². The lowest BCUT2D eigenvalue weighted by atomic mass is 10.1. The molecule has 0 aliphatic rings. The first-order valence-corrected chi connectivity index (χ1v) is 8.34. The molecule has 2 aromatic rings. The molecule has 2 rings (SSSR count). The number of para-hydroxylation sites is 1. The molecular formula is C15H20N2O3S. The van der Waals surface area contributed by atoms with Crippen molar-refractivity contribution in [1.82, 2.24) is 4.72 Å². The van der Waals surface area contributed by atoms with Gasteiger partial charge >= 0.3 is 0 Å². The van der Waals surface area contributed by atoms with Crippen LogP contribution in [0, 0.1) is 13.8 Å². The molecule has 3 N–H and O–H groups in total. The molecule has 1 atom stereocenters. The van der Waals surface area contributed by atoms with Crippen LogP contribution < -0.4 is 10.5 Å². The van der Waals surface area contributed by atoms with Crippen LogP contribution in [0.4, 0.5) is 5.69 Å². The minimum Gasteiger partial charge on any atom is -0.466 e. The second-order valence-corrected chi connectivity index (χ2v) is 6.92. The summed E-state index contributed by atoms with van der Waals surface area (Å²) >= 11 is 0. The van der Waals surface area contributed by atoms with Gasteiger partial charge in [-0.25, -0.2) is 13.1 Å². The average Bonchev–Trinajstić information content (AvgIpc) is 2.70. The maximum absolute atomic E-state index is 12.3. The molecule has 0 saturated carbocycles. The molecule has 0 bridgehead atoms. The lowest BCUT2D eigenvalue weighted by Crippen LogP contribution is -2.28. The van der Waals surface area contributed by atoms with E-state index in [0.29, 0.717) is 11.3 Å². The maximum Gasteiger partial charge on any atom is 0.216 e. The Hall–Kier alpha value is -1.79. The Morgan fingerprint density at radius 2 is 1.95 bits per heavy atom. The molecule has 0 spiro atoms. The molecule has 0 aliphatic carbocycles. The molecule has 0 fully saturated rings. The first-order valence-electron chi connectivity index (χ1n) is 6.69. The van der Waals surface area contributed by atoms with Crippen LogP contribution in [0.15, 0.2) is 34.7 Å². The molecule has 21 heavy (non-hydrogen) atoms. The highest BCUT2D eigenvalue weighted by atomic mass is 32.2. The Kier molecular flexibility index (Phi) is 4.39. The minimum atomic E-state index is -3.48. The third-order valence-electron chi connectivity index (χ3n) is 3.30. The van der Waals surface area contributed by atoms with E-state index in [1.54, 1.807) is 31.2 Å². The summed E-state index contributed by atoms with van der Waals surface area (Å²) in [7, 11) is -3.48. The SMILES string of the molecule is Cc1cc(C(C)NS(=O)(=O)Cc2ccccc2N)c(C)o1. The van der Waals surface area contributed by atoms with E-state index in [4.69, 9.17) is 10.2 Å². The van der Waals surface area contributed by atoms with E-state index < -0.39 is 10.0 Å². The standard InChI is InChI=1S/C15H20N2O3S/c1-10-8-14(12(3)20-10)11(2)17-21(18,19)9-13-6-4-5-7-15(13)16/h4-8,11,17H,9,16H2,1-3H3. The molecule has 1 aromatic carbocycles. The fraction of sp³-hybridized carbons (Fsp3) is 0.333. The van der Waals surface area contributed by atoms with Crippen molar-refractivity contribution in [2.45, 2.75) is 32.6 Å². The number of hydrogen-bond donors (Lipinski definition) is 2. The summed E-state index contributed by atoms with van der Waals surface area (Å²) in [5.74, 6) is 1.35. The van der Waals surface area contributed by atoms with Crippen molar-refractivity contribution in [3.63, 3.8) is 0 Å². The normalized spacial score (nSPS) is 13.3. The lowest BCUT2D eigenvalue weighted by molar-refractivity contribution is 0.496. The Morgan fingerprint density at radius 1 is 1.29 bits per heavy atom. The van der Waals surface area contributed by atoms with Gasteiger partial charge in [0.1, 0.15) is 11.5 Å². The van der Waals surface area contributed by atoms with Crippen molar-refractivity contribution in [3.8, 4) is 0 Å². The van der Waals surface area contributed by atoms with Crippen molar-refractivity contribution >= 4 is 15.7 Å². The number of hydrogen-bond acceptors (Lipinski definition) is 4. The predicted molar refractivity (Wildman–Crippen MR) is 83.2 cm³/mol. The predicted octanol–water partition coefficient (Wildman–Crippen LogP) is 2.66. The molecule has 114 valence electrons. The van der Waals surface area contributed by atoms with Crippen LogP contribution in [-0.2, 0) is 15.8 Å². The zero-order chi connectivity index (χ0) is 15.6. The molecule has 0 amide bonds. The fourth-order valence-electron chi connectivity index (χ4n) is 2.33. The number of rotatable bonds is 5. The zero-order valence-corrected chi connectivity index (χ0v) is 13.2. The second kappa shape index (κ2) is 5.91. The summed E-state index contributed by atoms with van der Waals surface area (Å²) in [4.78, 5) is 0. The van der Waals surface area contributed by atoms with Crippen LogP contribution in [0.3, 0.4) is 0 Å². The highest BCUT2D eigenvalue weighted by Gasteiger charge is 2.20. The van der Waals surface area contributed by atoms with Crippen LogP contribution >= 0.6 is 0 Å². The Morgan fingerprint density at radius 3 is 2.52 bits per heavy atom. The van der Waals surface area contributed by atoms with Gasteiger partial charge in [-0.3, -0.25) is 0 Å². The first kappa shape index (κ1) is 15.6. The third-order valence-corrected chi connectivity index (χ3v) is 4.71. The molecule has 1 unspecified atom stereocenters. The smallest absolute Gasteiger partial charge is 0.216 e. The molecule has 5 nitrogen and oxygen atoms in total. The molecule has 1 aromatic heterocycles. The van der Waals surface area contributed by atoms with E-state index in [0.717, 1.165) is 17.1 Å². The number of nitrogens with one attached hydrogen (secondary N) is 1. The summed E-state index contributed by atoms with van der Waals surface area (Å²) in [5.41, 5.74) is 7.71. The van der Waals surface area contributed by atoms with E-state index in [1.807, 2.05) is 19.9 Å². The quantitative estimate of drug-likeness (QED) is 0.832. The summed E-state index contributed by atoms with van der Waals surface area (Å²) in [6, 6.07) is 8.45. The van der Waals surface area contributed by atoms with Gasteiger partial charge in [-0.2, -0.15) is 0 Å². The average molecular weight is 308 g/mol. The van der Waals surface area contributed by atoms with Crippen LogP contribution in [0.25, 0.3) is 0 Å². The van der Waals surface area contributed by atoms with Crippen LogP contribution in [0.2, 0.25) is 0 Å². The van der Waals surface area contributed by atoms with Crippen LogP contribution in [0.1, 0.15) is 35.6 Å². The van der Waals surface area contributed by atoms with E-state index in [-0.39, 0.29) is 11.8 Å². The van der Waals surface area contributed by atoms with Crippen molar-refractivity contribution in [2.75, 3.05) is 5.73 Å². The van der Waals surface area contributed by atoms with Gasteiger partial charge in [0.2, 0.25) is 10.0 Å². The Balaban J connectivity index is 2.14. The number of sulfonamides is 1. The number of nitrogens with two attached hydrogens (primary N) is 1. The maximum atomic E-state index is 12.3. The number of benzene rings is 1. The van der Waals surface area contributed by atoms with Crippen LogP contribution in [0.5, 0.6) is 0 Å². The fourth-order valence-corrected chi connectivity index (χ4v) is 3.75. The van der Waals surface area contributed by atoms with Gasteiger partial charge < -0.3 is 10.2 Å². The summed E-state index contributed by atoms with van der Waals surface area (Å²) < 4.78 is 32.6. The lowest BCUT2D eigenvalue weighted by Gasteiger charge is -2.14. The highest BCUT2D eigenvalue weighted by molar-refractivity contribution is 7.88. The van der Waals surface area contributed by atoms with Gasteiger partial charge in [-0.1, -0.05) is 18.2 Å². The van der Waals surface area contributed by atoms with Crippen LogP contribution in [-0.4, -0.2) is 8.42 Å². The van der Waals surface area contributed by atoms with E-state index in [9.17, 15) is 8.42 Å². The molecule has 0 aliphatic heterocycles. The Labute approximate surface area is 125 Å². The molecule has 0 saturated heterocycles. The van der Waals surface area contributed by atoms with Gasteiger partial charge in [0.05, 0.1) is 5.75 Å². The second-order valence-electron chi connectivity index (χ2n) is 5.17. The van der Waals surface area contributed by atoms with E-state index in [1.165, 1.54) is 0 Å². The largest absolute Gasteiger partial charge is 0.466 e. The first-order chi connectivity index (χ1) is 9.78. The number of furan rings is 1. The topological polar surface area (TPSA) is 85.3 Å². The number of aryl methyl sites for hydroxylation is 2. The number of anilines is 1. The summed E-state index contributed by atoms with van der Waals surface area (Å²) in [6.45, 7) is 5.45. The summed E-state index contributed by atoms with van der Waals surface area (Å²) in [6.07, 6.45) is 0. The van der Waals surface area contributed by atoms with Gasteiger partial charge in [0.25, 0.3) is 0 Å². The highest BCUT2D eigenvalue weighted by Crippen LogP contribution is 2.23. The number of nitrogen functional groups attached to an aromatic ring is 1. The molecule has 1 heterocycles.